The van der Waals surface area contributed by atoms with Crippen molar-refractivity contribution in [2.24, 2.45) is 0 Å². The molecule has 1 aromatic heterocycles. The van der Waals surface area contributed by atoms with E-state index in [1.807, 2.05) is 13.8 Å². The Labute approximate surface area is 123 Å². The van der Waals surface area contributed by atoms with Crippen molar-refractivity contribution in [1.82, 2.24) is 10.2 Å². The van der Waals surface area contributed by atoms with Crippen LogP contribution in [0.4, 0.5) is 5.13 Å². The Kier molecular flexibility index (Phi) is 4.49. The fraction of sp³-hybridized carbons (Fsp3) is 0.250. The van der Waals surface area contributed by atoms with Crippen LogP contribution in [0.3, 0.4) is 0 Å². The van der Waals surface area contributed by atoms with Gasteiger partial charge in [0.15, 0.2) is 0 Å². The first-order valence-corrected chi connectivity index (χ1v) is 7.27. The number of nitrogens with zero attached hydrogens (tertiary/aromatic N) is 2. The van der Waals surface area contributed by atoms with E-state index in [0.717, 1.165) is 4.47 Å². The molecule has 1 aromatic carbocycles. The summed E-state index contributed by atoms with van der Waals surface area (Å²) < 4.78 is 6.50. The van der Waals surface area contributed by atoms with Crippen molar-refractivity contribution in [2.45, 2.75) is 20.0 Å². The Balaban J connectivity index is 2.25. The summed E-state index contributed by atoms with van der Waals surface area (Å²) in [6.45, 7) is 3.82. The van der Waals surface area contributed by atoms with Crippen molar-refractivity contribution >= 4 is 38.3 Å². The lowest BCUT2D eigenvalue weighted by Gasteiger charge is -2.14. The number of hydrogen-bond acceptors (Lipinski definition) is 5. The third-order valence-electron chi connectivity index (χ3n) is 2.13. The maximum atomic E-state index is 12.2. The van der Waals surface area contributed by atoms with Gasteiger partial charge in [-0.2, -0.15) is 0 Å². The van der Waals surface area contributed by atoms with E-state index in [4.69, 9.17) is 4.74 Å². The molecule has 0 aliphatic heterocycles. The summed E-state index contributed by atoms with van der Waals surface area (Å²) in [5, 5.41) is 10.6. The summed E-state index contributed by atoms with van der Waals surface area (Å²) in [4.78, 5) is 12.2. The zero-order chi connectivity index (χ0) is 13.8. The minimum absolute atomic E-state index is 0.0117. The number of benzene rings is 1. The smallest absolute Gasteiger partial charge is 0.261 e. The minimum atomic E-state index is -0.264. The number of nitrogens with one attached hydrogen (secondary N) is 1. The third kappa shape index (κ3) is 3.74. The highest BCUT2D eigenvalue weighted by molar-refractivity contribution is 9.10. The van der Waals surface area contributed by atoms with Gasteiger partial charge in [-0.25, -0.2) is 0 Å². The fourth-order valence-corrected chi connectivity index (χ4v) is 2.21. The molecule has 100 valence electrons. The van der Waals surface area contributed by atoms with Crippen molar-refractivity contribution in [3.05, 3.63) is 33.7 Å². The SMILES string of the molecule is CC(C)Oc1cc(Br)ccc1C(=O)Nc1nncs1. The highest BCUT2D eigenvalue weighted by atomic mass is 79.9. The number of carbonyl (C=O) groups is 1. The third-order valence-corrected chi connectivity index (χ3v) is 3.23. The first kappa shape index (κ1) is 14.0. The van der Waals surface area contributed by atoms with Crippen LogP contribution in [0.25, 0.3) is 0 Å². The van der Waals surface area contributed by atoms with Crippen LogP contribution in [0.2, 0.25) is 0 Å². The van der Waals surface area contributed by atoms with Crippen molar-refractivity contribution in [2.75, 3.05) is 5.32 Å². The maximum Gasteiger partial charge on any atom is 0.261 e. The predicted octanol–water partition coefficient (Wildman–Crippen LogP) is 3.34. The van der Waals surface area contributed by atoms with Crippen LogP contribution in [-0.2, 0) is 0 Å². The van der Waals surface area contributed by atoms with Crippen LogP contribution in [0.5, 0.6) is 5.75 Å². The van der Waals surface area contributed by atoms with Crippen LogP contribution < -0.4 is 10.1 Å². The van der Waals surface area contributed by atoms with Crippen LogP contribution in [0.1, 0.15) is 24.2 Å². The number of hydrogen-bond donors (Lipinski definition) is 1. The number of anilines is 1. The highest BCUT2D eigenvalue weighted by Gasteiger charge is 2.15. The van der Waals surface area contributed by atoms with Gasteiger partial charge in [0.2, 0.25) is 5.13 Å². The quantitative estimate of drug-likeness (QED) is 0.926. The summed E-state index contributed by atoms with van der Waals surface area (Å²) in [5.74, 6) is 0.270. The second-order valence-electron chi connectivity index (χ2n) is 4.01. The standard InChI is InChI=1S/C12H12BrN3O2S/c1-7(2)18-10-5-8(13)3-4-9(10)11(17)15-12-16-14-6-19-12/h3-7H,1-2H3,(H,15,16,17). The summed E-state index contributed by atoms with van der Waals surface area (Å²) >= 11 is 4.63. The molecule has 0 saturated carbocycles. The van der Waals surface area contributed by atoms with Gasteiger partial charge in [-0.1, -0.05) is 27.3 Å². The molecule has 19 heavy (non-hydrogen) atoms. The number of rotatable bonds is 4. The monoisotopic (exact) mass is 341 g/mol. The lowest BCUT2D eigenvalue weighted by atomic mass is 10.2. The molecule has 1 amide bonds. The first-order chi connectivity index (χ1) is 9.06. The second-order valence-corrected chi connectivity index (χ2v) is 5.75. The average molecular weight is 342 g/mol. The molecule has 1 heterocycles. The largest absolute Gasteiger partial charge is 0.490 e. The Morgan fingerprint density at radius 2 is 2.26 bits per heavy atom. The lowest BCUT2D eigenvalue weighted by molar-refractivity contribution is 0.102. The highest BCUT2D eigenvalue weighted by Crippen LogP contribution is 2.25. The number of halogens is 1. The zero-order valence-electron chi connectivity index (χ0n) is 10.4. The number of carbonyl (C=O) groups excluding carboxylic acids is 1. The molecule has 0 aliphatic carbocycles. The van der Waals surface area contributed by atoms with Gasteiger partial charge in [0.1, 0.15) is 11.3 Å². The van der Waals surface area contributed by atoms with E-state index in [1.54, 1.807) is 23.7 Å². The Hall–Kier alpha value is -1.47. The lowest BCUT2D eigenvalue weighted by Crippen LogP contribution is -2.15. The molecular weight excluding hydrogens is 330 g/mol. The molecule has 2 aromatic rings. The van der Waals surface area contributed by atoms with E-state index >= 15 is 0 Å². The molecule has 7 heteroatoms. The molecule has 0 unspecified atom stereocenters. The van der Waals surface area contributed by atoms with Crippen LogP contribution in [0.15, 0.2) is 28.2 Å². The topological polar surface area (TPSA) is 64.1 Å². The zero-order valence-corrected chi connectivity index (χ0v) is 12.8. The van der Waals surface area contributed by atoms with Gasteiger partial charge in [0, 0.05) is 4.47 Å². The normalized spacial score (nSPS) is 10.5. The van der Waals surface area contributed by atoms with Gasteiger partial charge in [-0.3, -0.25) is 10.1 Å². The van der Waals surface area contributed by atoms with Crippen molar-refractivity contribution in [3.63, 3.8) is 0 Å². The molecule has 0 bridgehead atoms. The van der Waals surface area contributed by atoms with E-state index in [1.165, 1.54) is 11.3 Å². The Morgan fingerprint density at radius 3 is 2.89 bits per heavy atom. The van der Waals surface area contributed by atoms with Crippen LogP contribution >= 0.6 is 27.3 Å². The van der Waals surface area contributed by atoms with Crippen molar-refractivity contribution in [3.8, 4) is 5.75 Å². The molecule has 0 atom stereocenters. The predicted molar refractivity (Wildman–Crippen MR) is 77.8 cm³/mol. The van der Waals surface area contributed by atoms with E-state index in [2.05, 4.69) is 31.4 Å². The number of ether oxygens (including phenoxy) is 1. The molecule has 2 rings (SSSR count). The summed E-state index contributed by atoms with van der Waals surface area (Å²) in [6, 6.07) is 5.27. The van der Waals surface area contributed by atoms with Crippen LogP contribution in [-0.4, -0.2) is 22.2 Å². The maximum absolute atomic E-state index is 12.2. The molecular formula is C12H12BrN3O2S. The average Bonchev–Trinajstić information content (AvgIpc) is 2.80. The molecule has 0 aliphatic rings. The van der Waals surface area contributed by atoms with E-state index in [0.29, 0.717) is 16.4 Å². The van der Waals surface area contributed by atoms with Crippen LogP contribution in [0, 0.1) is 0 Å². The molecule has 0 radical (unpaired) electrons. The van der Waals surface area contributed by atoms with E-state index in [-0.39, 0.29) is 12.0 Å². The summed E-state index contributed by atoms with van der Waals surface area (Å²) in [6.07, 6.45) is -0.0117. The van der Waals surface area contributed by atoms with Crippen molar-refractivity contribution in [1.29, 1.82) is 0 Å². The van der Waals surface area contributed by atoms with Gasteiger partial charge in [-0.15, -0.1) is 10.2 Å². The first-order valence-electron chi connectivity index (χ1n) is 5.60. The summed E-state index contributed by atoms with van der Waals surface area (Å²) in [5.41, 5.74) is 2.02. The molecule has 5 nitrogen and oxygen atoms in total. The molecule has 1 N–H and O–H groups in total. The summed E-state index contributed by atoms with van der Waals surface area (Å²) in [7, 11) is 0. The second kappa shape index (κ2) is 6.12. The number of amides is 1. The van der Waals surface area contributed by atoms with Gasteiger partial charge >= 0.3 is 0 Å². The van der Waals surface area contributed by atoms with E-state index in [9.17, 15) is 4.79 Å². The van der Waals surface area contributed by atoms with Gasteiger partial charge in [0.25, 0.3) is 5.91 Å². The fourth-order valence-electron chi connectivity index (χ4n) is 1.43. The Bertz CT molecular complexity index is 572. The molecule has 0 fully saturated rings. The van der Waals surface area contributed by atoms with Gasteiger partial charge < -0.3 is 4.74 Å². The van der Waals surface area contributed by atoms with E-state index < -0.39 is 0 Å². The van der Waals surface area contributed by atoms with Gasteiger partial charge in [-0.05, 0) is 32.0 Å². The number of aromatic nitrogens is 2. The molecule has 0 spiro atoms. The van der Waals surface area contributed by atoms with Gasteiger partial charge in [0.05, 0.1) is 11.7 Å². The Morgan fingerprint density at radius 1 is 1.47 bits per heavy atom. The molecule has 0 saturated heterocycles. The minimum Gasteiger partial charge on any atom is -0.490 e. The van der Waals surface area contributed by atoms with Crippen molar-refractivity contribution < 1.29 is 9.53 Å².